The average Bonchev–Trinajstić information content (AvgIpc) is 3.12. The van der Waals surface area contributed by atoms with Crippen LogP contribution in [0.4, 0.5) is 0 Å². The number of carbonyl (C=O) groups excluding carboxylic acids is 3. The van der Waals surface area contributed by atoms with Crippen molar-refractivity contribution >= 4 is 49.6 Å². The summed E-state index contributed by atoms with van der Waals surface area (Å²) in [6.07, 6.45) is 2.74. The van der Waals surface area contributed by atoms with Gasteiger partial charge < -0.3 is 9.88 Å². The van der Waals surface area contributed by atoms with Crippen LogP contribution in [0.25, 0.3) is 0 Å². The smallest absolute Gasteiger partial charge is 0.286 e. The molecule has 1 aliphatic rings. The standard InChI is InChI=1S/C18H18Br2N4O3/c19-13-3-1-12(2-4-13)18(27)24-7-5-11(6-8-24)16(25)22-23-17(26)15-9-14(20)10-21-15/h1-4,9-11,21H,5-8H2,(H,22,25)(H,23,26). The van der Waals surface area contributed by atoms with Crippen LogP contribution < -0.4 is 10.9 Å². The number of hydrogen-bond acceptors (Lipinski definition) is 3. The Balaban J connectivity index is 1.47. The van der Waals surface area contributed by atoms with Crippen LogP contribution in [-0.4, -0.2) is 40.7 Å². The fourth-order valence-electron chi connectivity index (χ4n) is 2.91. The van der Waals surface area contributed by atoms with E-state index < -0.39 is 5.91 Å². The number of hydrazine groups is 1. The highest BCUT2D eigenvalue weighted by Gasteiger charge is 2.28. The number of aromatic nitrogens is 1. The van der Waals surface area contributed by atoms with E-state index in [2.05, 4.69) is 47.7 Å². The number of hydrogen-bond donors (Lipinski definition) is 3. The number of rotatable bonds is 3. The van der Waals surface area contributed by atoms with Crippen molar-refractivity contribution in [2.45, 2.75) is 12.8 Å². The van der Waals surface area contributed by atoms with E-state index in [0.29, 0.717) is 37.2 Å². The van der Waals surface area contributed by atoms with Gasteiger partial charge in [0, 0.05) is 39.7 Å². The Hall–Kier alpha value is -2.13. The van der Waals surface area contributed by atoms with Crippen molar-refractivity contribution in [1.29, 1.82) is 0 Å². The highest BCUT2D eigenvalue weighted by Crippen LogP contribution is 2.20. The summed E-state index contributed by atoms with van der Waals surface area (Å²) in [6, 6.07) is 8.84. The molecule has 0 radical (unpaired) electrons. The van der Waals surface area contributed by atoms with E-state index >= 15 is 0 Å². The highest BCUT2D eigenvalue weighted by atomic mass is 79.9. The SMILES string of the molecule is O=C(NNC(=O)C1CCN(C(=O)c2ccc(Br)cc2)CC1)c1cc(Br)c[nH]1. The number of aromatic amines is 1. The molecule has 0 unspecified atom stereocenters. The summed E-state index contributed by atoms with van der Waals surface area (Å²) in [5.41, 5.74) is 5.83. The summed E-state index contributed by atoms with van der Waals surface area (Å²) < 4.78 is 1.67. The number of H-pyrrole nitrogens is 1. The van der Waals surface area contributed by atoms with Crippen molar-refractivity contribution < 1.29 is 14.4 Å². The largest absolute Gasteiger partial charge is 0.356 e. The fourth-order valence-corrected chi connectivity index (χ4v) is 3.51. The second-order valence-electron chi connectivity index (χ2n) is 6.25. The topological polar surface area (TPSA) is 94.3 Å². The van der Waals surface area contributed by atoms with Crippen molar-refractivity contribution in [2.75, 3.05) is 13.1 Å². The van der Waals surface area contributed by atoms with Gasteiger partial charge >= 0.3 is 0 Å². The molecule has 3 rings (SSSR count). The minimum Gasteiger partial charge on any atom is -0.356 e. The first kappa shape index (κ1) is 19.6. The zero-order chi connectivity index (χ0) is 19.4. The molecule has 1 aromatic heterocycles. The summed E-state index contributed by atoms with van der Waals surface area (Å²) in [6.45, 7) is 1.01. The van der Waals surface area contributed by atoms with Crippen LogP contribution in [0.5, 0.6) is 0 Å². The first-order chi connectivity index (χ1) is 12.9. The Kier molecular flexibility index (Phi) is 6.33. The van der Waals surface area contributed by atoms with E-state index in [1.807, 2.05) is 12.1 Å². The molecule has 142 valence electrons. The fraction of sp³-hybridized carbons (Fsp3) is 0.278. The maximum absolute atomic E-state index is 12.5. The third-order valence-electron chi connectivity index (χ3n) is 4.44. The van der Waals surface area contributed by atoms with Gasteiger partial charge in [-0.05, 0) is 59.1 Å². The third-order valence-corrected chi connectivity index (χ3v) is 5.42. The van der Waals surface area contributed by atoms with E-state index in [4.69, 9.17) is 0 Å². The van der Waals surface area contributed by atoms with Crippen LogP contribution in [0, 0.1) is 5.92 Å². The van der Waals surface area contributed by atoms with Gasteiger partial charge in [0.15, 0.2) is 0 Å². The molecule has 3 amide bonds. The molecule has 0 atom stereocenters. The molecule has 1 aromatic carbocycles. The molecule has 1 saturated heterocycles. The second kappa shape index (κ2) is 8.71. The Morgan fingerprint density at radius 1 is 1.00 bits per heavy atom. The van der Waals surface area contributed by atoms with Gasteiger partial charge in [-0.1, -0.05) is 15.9 Å². The number of carbonyl (C=O) groups is 3. The van der Waals surface area contributed by atoms with E-state index in [9.17, 15) is 14.4 Å². The molecule has 2 heterocycles. The molecular formula is C18H18Br2N4O3. The van der Waals surface area contributed by atoms with Crippen LogP contribution in [0.3, 0.4) is 0 Å². The predicted octanol–water partition coefficient (Wildman–Crippen LogP) is 2.85. The molecule has 0 spiro atoms. The van der Waals surface area contributed by atoms with Gasteiger partial charge in [0.2, 0.25) is 5.91 Å². The summed E-state index contributed by atoms with van der Waals surface area (Å²) in [7, 11) is 0. The van der Waals surface area contributed by atoms with E-state index in [-0.39, 0.29) is 17.7 Å². The van der Waals surface area contributed by atoms with Crippen molar-refractivity contribution in [3.05, 3.63) is 56.7 Å². The van der Waals surface area contributed by atoms with Crippen LogP contribution in [-0.2, 0) is 4.79 Å². The maximum Gasteiger partial charge on any atom is 0.286 e. The van der Waals surface area contributed by atoms with Crippen LogP contribution >= 0.6 is 31.9 Å². The molecule has 0 bridgehead atoms. The Bertz CT molecular complexity index is 843. The average molecular weight is 498 g/mol. The molecular weight excluding hydrogens is 480 g/mol. The van der Waals surface area contributed by atoms with Crippen molar-refractivity contribution in [3.63, 3.8) is 0 Å². The van der Waals surface area contributed by atoms with Gasteiger partial charge in [-0.25, -0.2) is 0 Å². The van der Waals surface area contributed by atoms with E-state index in [1.54, 1.807) is 29.3 Å². The lowest BCUT2D eigenvalue weighted by Crippen LogP contribution is -2.48. The quantitative estimate of drug-likeness (QED) is 0.569. The van der Waals surface area contributed by atoms with Gasteiger partial charge in [0.05, 0.1) is 0 Å². The maximum atomic E-state index is 12.5. The Labute approximate surface area is 173 Å². The molecule has 9 heteroatoms. The van der Waals surface area contributed by atoms with Gasteiger partial charge in [-0.3, -0.25) is 25.2 Å². The first-order valence-corrected chi connectivity index (χ1v) is 10.0. The van der Waals surface area contributed by atoms with Crippen LogP contribution in [0.15, 0.2) is 45.5 Å². The number of likely N-dealkylation sites (tertiary alicyclic amines) is 1. The number of nitrogens with zero attached hydrogens (tertiary/aromatic N) is 1. The number of piperidine rings is 1. The molecule has 1 fully saturated rings. The van der Waals surface area contributed by atoms with Gasteiger partial charge in [-0.2, -0.15) is 0 Å². The summed E-state index contributed by atoms with van der Waals surface area (Å²) in [5.74, 6) is -0.941. The third kappa shape index (κ3) is 4.98. The molecule has 1 aliphatic heterocycles. The first-order valence-electron chi connectivity index (χ1n) is 8.43. The number of benzene rings is 1. The lowest BCUT2D eigenvalue weighted by atomic mass is 9.95. The van der Waals surface area contributed by atoms with Crippen molar-refractivity contribution in [2.24, 2.45) is 5.92 Å². The predicted molar refractivity (Wildman–Crippen MR) is 107 cm³/mol. The minimum atomic E-state index is -0.420. The van der Waals surface area contributed by atoms with E-state index in [1.165, 1.54) is 0 Å². The molecule has 2 aromatic rings. The van der Waals surface area contributed by atoms with Crippen LogP contribution in [0.2, 0.25) is 0 Å². The molecule has 27 heavy (non-hydrogen) atoms. The molecule has 7 nitrogen and oxygen atoms in total. The minimum absolute atomic E-state index is 0.0352. The zero-order valence-corrected chi connectivity index (χ0v) is 17.5. The normalized spacial score (nSPS) is 14.7. The summed E-state index contributed by atoms with van der Waals surface area (Å²) in [4.78, 5) is 41.3. The van der Waals surface area contributed by atoms with E-state index in [0.717, 1.165) is 8.95 Å². The van der Waals surface area contributed by atoms with Gasteiger partial charge in [0.25, 0.3) is 11.8 Å². The summed E-state index contributed by atoms with van der Waals surface area (Å²) in [5, 5.41) is 0. The monoisotopic (exact) mass is 496 g/mol. The number of nitrogens with one attached hydrogen (secondary N) is 3. The lowest BCUT2D eigenvalue weighted by molar-refractivity contribution is -0.127. The van der Waals surface area contributed by atoms with Gasteiger partial charge in [-0.15, -0.1) is 0 Å². The molecule has 0 aliphatic carbocycles. The Morgan fingerprint density at radius 3 is 2.26 bits per heavy atom. The number of halogens is 2. The van der Waals surface area contributed by atoms with Crippen molar-refractivity contribution in [1.82, 2.24) is 20.7 Å². The summed E-state index contributed by atoms with van der Waals surface area (Å²) >= 11 is 6.60. The van der Waals surface area contributed by atoms with Crippen molar-refractivity contribution in [3.8, 4) is 0 Å². The highest BCUT2D eigenvalue weighted by molar-refractivity contribution is 9.10. The molecule has 0 saturated carbocycles. The molecule has 3 N–H and O–H groups in total. The lowest BCUT2D eigenvalue weighted by Gasteiger charge is -2.31. The second-order valence-corrected chi connectivity index (χ2v) is 8.08. The zero-order valence-electron chi connectivity index (χ0n) is 14.3. The number of amides is 3. The Morgan fingerprint density at radius 2 is 1.67 bits per heavy atom. The van der Waals surface area contributed by atoms with Crippen LogP contribution in [0.1, 0.15) is 33.7 Å². The van der Waals surface area contributed by atoms with Gasteiger partial charge in [0.1, 0.15) is 5.69 Å².